The second-order valence-corrected chi connectivity index (χ2v) is 7.55. The highest BCUT2D eigenvalue weighted by Gasteiger charge is 2.10. The molecular formula is C25H28N4O2. The van der Waals surface area contributed by atoms with Crippen LogP contribution in [-0.4, -0.2) is 29.1 Å². The lowest BCUT2D eigenvalue weighted by Crippen LogP contribution is -2.31. The van der Waals surface area contributed by atoms with Crippen LogP contribution in [0, 0.1) is 20.8 Å². The molecule has 160 valence electrons. The summed E-state index contributed by atoms with van der Waals surface area (Å²) in [5, 5.41) is 6.78. The average molecular weight is 417 g/mol. The smallest absolute Gasteiger partial charge is 0.249 e. The molecule has 0 spiro atoms. The number of carbonyl (C=O) groups excluding carboxylic acids is 2. The van der Waals surface area contributed by atoms with E-state index in [0.717, 1.165) is 34.6 Å². The minimum Gasteiger partial charge on any atom is -0.355 e. The summed E-state index contributed by atoms with van der Waals surface area (Å²) in [7, 11) is 0. The van der Waals surface area contributed by atoms with Gasteiger partial charge < -0.3 is 9.88 Å². The van der Waals surface area contributed by atoms with Gasteiger partial charge in [0.25, 0.3) is 0 Å². The standard InChI is InChI=1S/C25H28N4O2/c1-18-9-11-23(12-10-18)29-19(2)15-22(20(29)3)17-27-28-25(31)16-24(30)26-14-13-21-7-5-4-6-8-21/h4-12,15,17H,13-14,16H2,1-3H3,(H,26,30)(H,28,31). The summed E-state index contributed by atoms with van der Waals surface area (Å²) in [6.07, 6.45) is 2.08. The summed E-state index contributed by atoms with van der Waals surface area (Å²) in [4.78, 5) is 23.9. The predicted octanol–water partition coefficient (Wildman–Crippen LogP) is 3.60. The molecule has 0 unspecified atom stereocenters. The molecule has 0 fully saturated rings. The Balaban J connectivity index is 1.50. The van der Waals surface area contributed by atoms with Gasteiger partial charge >= 0.3 is 0 Å². The van der Waals surface area contributed by atoms with Gasteiger partial charge in [-0.1, -0.05) is 48.0 Å². The molecular weight excluding hydrogens is 388 g/mol. The maximum Gasteiger partial charge on any atom is 0.249 e. The number of aromatic nitrogens is 1. The monoisotopic (exact) mass is 416 g/mol. The van der Waals surface area contributed by atoms with Gasteiger partial charge in [-0.05, 0) is 51.0 Å². The van der Waals surface area contributed by atoms with Crippen LogP contribution < -0.4 is 10.7 Å². The number of carbonyl (C=O) groups is 2. The number of benzene rings is 2. The zero-order valence-electron chi connectivity index (χ0n) is 18.2. The summed E-state index contributed by atoms with van der Waals surface area (Å²) in [6.45, 7) is 6.59. The molecule has 31 heavy (non-hydrogen) atoms. The molecule has 0 saturated carbocycles. The second-order valence-electron chi connectivity index (χ2n) is 7.55. The van der Waals surface area contributed by atoms with Gasteiger partial charge in [-0.3, -0.25) is 9.59 Å². The van der Waals surface area contributed by atoms with Crippen LogP contribution in [-0.2, 0) is 16.0 Å². The number of rotatable bonds is 8. The van der Waals surface area contributed by atoms with Crippen LogP contribution in [0.3, 0.4) is 0 Å². The van der Waals surface area contributed by atoms with Gasteiger partial charge in [-0.25, -0.2) is 5.43 Å². The molecule has 0 atom stereocenters. The molecule has 3 rings (SSSR count). The molecule has 0 aliphatic heterocycles. The van der Waals surface area contributed by atoms with Crippen LogP contribution in [0.25, 0.3) is 5.69 Å². The third-order valence-electron chi connectivity index (χ3n) is 5.06. The van der Waals surface area contributed by atoms with E-state index in [4.69, 9.17) is 0 Å². The Morgan fingerprint density at radius 2 is 1.68 bits per heavy atom. The first-order valence-electron chi connectivity index (χ1n) is 10.3. The minimum atomic E-state index is -0.444. The number of amides is 2. The maximum atomic E-state index is 12.0. The van der Waals surface area contributed by atoms with Gasteiger partial charge in [0.15, 0.2) is 0 Å². The van der Waals surface area contributed by atoms with E-state index < -0.39 is 5.91 Å². The van der Waals surface area contributed by atoms with Crippen molar-refractivity contribution >= 4 is 18.0 Å². The summed E-state index contributed by atoms with van der Waals surface area (Å²) >= 11 is 0. The highest BCUT2D eigenvalue weighted by Crippen LogP contribution is 2.20. The van der Waals surface area contributed by atoms with E-state index in [2.05, 4.69) is 51.6 Å². The van der Waals surface area contributed by atoms with Crippen molar-refractivity contribution in [1.82, 2.24) is 15.3 Å². The Kier molecular flexibility index (Phi) is 7.38. The predicted molar refractivity (Wildman–Crippen MR) is 123 cm³/mol. The molecule has 0 bridgehead atoms. The highest BCUT2D eigenvalue weighted by atomic mass is 16.2. The number of hydrogen-bond acceptors (Lipinski definition) is 3. The van der Waals surface area contributed by atoms with E-state index in [9.17, 15) is 9.59 Å². The van der Waals surface area contributed by atoms with Crippen molar-refractivity contribution in [3.63, 3.8) is 0 Å². The topological polar surface area (TPSA) is 75.5 Å². The fourth-order valence-electron chi connectivity index (χ4n) is 3.42. The normalized spacial score (nSPS) is 10.9. The molecule has 1 aromatic heterocycles. The highest BCUT2D eigenvalue weighted by molar-refractivity contribution is 5.97. The van der Waals surface area contributed by atoms with Crippen molar-refractivity contribution in [1.29, 1.82) is 0 Å². The Bertz CT molecular complexity index is 1070. The number of hydrazone groups is 1. The zero-order valence-corrected chi connectivity index (χ0v) is 18.2. The number of nitrogens with zero attached hydrogens (tertiary/aromatic N) is 2. The molecule has 0 aliphatic rings. The van der Waals surface area contributed by atoms with E-state index >= 15 is 0 Å². The quantitative estimate of drug-likeness (QED) is 0.334. The van der Waals surface area contributed by atoms with Crippen LogP contribution in [0.4, 0.5) is 0 Å². The number of hydrogen-bond donors (Lipinski definition) is 2. The van der Waals surface area contributed by atoms with Gasteiger partial charge in [0.2, 0.25) is 11.8 Å². The second kappa shape index (κ2) is 10.4. The first-order valence-corrected chi connectivity index (χ1v) is 10.3. The Hall–Kier alpha value is -3.67. The summed E-state index contributed by atoms with van der Waals surface area (Å²) in [6, 6.07) is 20.2. The molecule has 0 saturated heterocycles. The minimum absolute atomic E-state index is 0.255. The molecule has 2 aromatic carbocycles. The molecule has 0 aliphatic carbocycles. The first kappa shape index (κ1) is 22.0. The fourth-order valence-corrected chi connectivity index (χ4v) is 3.42. The SMILES string of the molecule is Cc1ccc(-n2c(C)cc(C=NNC(=O)CC(=O)NCCc3ccccc3)c2C)cc1. The van der Waals surface area contributed by atoms with E-state index in [0.29, 0.717) is 6.54 Å². The molecule has 1 heterocycles. The maximum absolute atomic E-state index is 12.0. The van der Waals surface area contributed by atoms with Gasteiger partial charge in [-0.2, -0.15) is 5.10 Å². The van der Waals surface area contributed by atoms with Crippen molar-refractivity contribution < 1.29 is 9.59 Å². The number of nitrogens with one attached hydrogen (secondary N) is 2. The lowest BCUT2D eigenvalue weighted by molar-refractivity contribution is -0.129. The Labute approximate surface area is 183 Å². The Morgan fingerprint density at radius 1 is 0.968 bits per heavy atom. The molecule has 2 N–H and O–H groups in total. The van der Waals surface area contributed by atoms with Gasteiger partial charge in [0.1, 0.15) is 6.42 Å². The van der Waals surface area contributed by atoms with Crippen LogP contribution >= 0.6 is 0 Å². The summed E-state index contributed by atoms with van der Waals surface area (Å²) in [5.41, 5.74) is 8.87. The van der Waals surface area contributed by atoms with Crippen molar-refractivity contribution in [3.05, 3.63) is 88.7 Å². The fraction of sp³-hybridized carbons (Fsp3) is 0.240. The zero-order chi connectivity index (χ0) is 22.2. The Morgan fingerprint density at radius 3 is 2.39 bits per heavy atom. The van der Waals surface area contributed by atoms with E-state index in [1.165, 1.54) is 5.56 Å². The third-order valence-corrected chi connectivity index (χ3v) is 5.06. The van der Waals surface area contributed by atoms with Crippen molar-refractivity contribution in [2.75, 3.05) is 6.54 Å². The lowest BCUT2D eigenvalue weighted by atomic mass is 10.1. The van der Waals surface area contributed by atoms with Gasteiger partial charge in [-0.15, -0.1) is 0 Å². The van der Waals surface area contributed by atoms with Crippen LogP contribution in [0.2, 0.25) is 0 Å². The molecule has 0 radical (unpaired) electrons. The summed E-state index contributed by atoms with van der Waals surface area (Å²) in [5.74, 6) is -0.762. The summed E-state index contributed by atoms with van der Waals surface area (Å²) < 4.78 is 2.14. The average Bonchev–Trinajstić information content (AvgIpc) is 3.03. The van der Waals surface area contributed by atoms with Crippen molar-refractivity contribution in [2.45, 2.75) is 33.6 Å². The van der Waals surface area contributed by atoms with Crippen LogP contribution in [0.1, 0.15) is 34.5 Å². The van der Waals surface area contributed by atoms with Crippen molar-refractivity contribution in [3.8, 4) is 5.69 Å². The molecule has 6 nitrogen and oxygen atoms in total. The van der Waals surface area contributed by atoms with Crippen molar-refractivity contribution in [2.24, 2.45) is 5.10 Å². The molecule has 3 aromatic rings. The van der Waals surface area contributed by atoms with Crippen LogP contribution in [0.15, 0.2) is 65.8 Å². The van der Waals surface area contributed by atoms with Gasteiger partial charge in [0, 0.05) is 29.2 Å². The molecule has 6 heteroatoms. The van der Waals surface area contributed by atoms with Gasteiger partial charge in [0.05, 0.1) is 6.21 Å². The van der Waals surface area contributed by atoms with E-state index in [1.54, 1.807) is 6.21 Å². The van der Waals surface area contributed by atoms with Crippen LogP contribution in [0.5, 0.6) is 0 Å². The van der Waals surface area contributed by atoms with E-state index in [-0.39, 0.29) is 12.3 Å². The third kappa shape index (κ3) is 6.15. The largest absolute Gasteiger partial charge is 0.355 e. The number of aryl methyl sites for hydroxylation is 2. The first-order chi connectivity index (χ1) is 14.9. The van der Waals surface area contributed by atoms with E-state index in [1.807, 2.05) is 50.2 Å². The lowest BCUT2D eigenvalue weighted by Gasteiger charge is -2.09. The molecule has 2 amide bonds.